The third-order valence-corrected chi connectivity index (χ3v) is 2.99. The van der Waals surface area contributed by atoms with Gasteiger partial charge in [-0.15, -0.1) is 0 Å². The van der Waals surface area contributed by atoms with E-state index >= 15 is 0 Å². The Labute approximate surface area is 119 Å². The molecule has 1 atom stereocenters. The van der Waals surface area contributed by atoms with Crippen LogP contribution in [-0.4, -0.2) is 44.4 Å². The second-order valence-corrected chi connectivity index (χ2v) is 5.05. The number of likely N-dealkylation sites (N-methyl/N-ethyl adjacent to an activating group) is 1. The first-order chi connectivity index (χ1) is 8.86. The second kappa shape index (κ2) is 6.83. The second-order valence-electron chi connectivity index (χ2n) is 4.14. The minimum atomic E-state index is -0.854. The average Bonchev–Trinajstić information content (AvgIpc) is 2.27. The zero-order valence-corrected chi connectivity index (χ0v) is 12.3. The third-order valence-electron chi connectivity index (χ3n) is 2.54. The Kier molecular flexibility index (Phi) is 5.71. The van der Waals surface area contributed by atoms with Gasteiger partial charge in [-0.25, -0.2) is 4.39 Å². The Morgan fingerprint density at radius 1 is 1.63 bits per heavy atom. The molecule has 0 bridgehead atoms. The van der Waals surface area contributed by atoms with Crippen LogP contribution in [-0.2, 0) is 4.74 Å². The first kappa shape index (κ1) is 15.9. The molecule has 0 spiro atoms. The molecule has 106 valence electrons. The molecule has 19 heavy (non-hydrogen) atoms. The molecule has 1 aromatic carbocycles. The van der Waals surface area contributed by atoms with E-state index in [9.17, 15) is 14.3 Å². The van der Waals surface area contributed by atoms with Crippen molar-refractivity contribution in [1.29, 1.82) is 0 Å². The van der Waals surface area contributed by atoms with Gasteiger partial charge in [-0.05, 0) is 12.1 Å². The fourth-order valence-corrected chi connectivity index (χ4v) is 2.18. The molecule has 0 heterocycles. The fraction of sp³-hybridized carbons (Fsp3) is 0.417. The number of benzene rings is 1. The maximum atomic E-state index is 13.8. The van der Waals surface area contributed by atoms with Crippen molar-refractivity contribution in [3.63, 3.8) is 0 Å². The summed E-state index contributed by atoms with van der Waals surface area (Å²) in [5.41, 5.74) is 5.30. The normalized spacial score (nSPS) is 12.3. The number of hydrogen-bond donors (Lipinski definition) is 2. The van der Waals surface area contributed by atoms with Crippen LogP contribution in [0.1, 0.15) is 10.4 Å². The lowest BCUT2D eigenvalue weighted by Gasteiger charge is -2.24. The molecule has 0 saturated carbocycles. The smallest absolute Gasteiger partial charge is 0.253 e. The number of halogens is 2. The van der Waals surface area contributed by atoms with Gasteiger partial charge in [0, 0.05) is 25.2 Å². The number of nitrogens with zero attached hydrogens (tertiary/aromatic N) is 1. The zero-order chi connectivity index (χ0) is 14.6. The monoisotopic (exact) mass is 334 g/mol. The minimum absolute atomic E-state index is 0.146. The molecule has 1 aromatic rings. The van der Waals surface area contributed by atoms with E-state index in [4.69, 9.17) is 10.5 Å². The molecule has 7 heteroatoms. The highest BCUT2D eigenvalue weighted by molar-refractivity contribution is 9.10. The fourth-order valence-electron chi connectivity index (χ4n) is 1.76. The lowest BCUT2D eigenvalue weighted by molar-refractivity contribution is 0.0694. The summed E-state index contributed by atoms with van der Waals surface area (Å²) in [6.07, 6.45) is -0.752. The van der Waals surface area contributed by atoms with E-state index in [-0.39, 0.29) is 18.7 Å². The summed E-state index contributed by atoms with van der Waals surface area (Å²) in [6, 6.07) is 2.74. The molecule has 1 unspecified atom stereocenters. The van der Waals surface area contributed by atoms with Crippen molar-refractivity contribution in [2.75, 3.05) is 32.2 Å². The van der Waals surface area contributed by atoms with Gasteiger partial charge in [0.15, 0.2) is 0 Å². The Bertz CT molecular complexity index is 471. The van der Waals surface area contributed by atoms with Gasteiger partial charge in [0.1, 0.15) is 5.82 Å². The Balaban J connectivity index is 3.07. The standard InChI is InChI=1S/C12H16BrFN2O3/c1-16(5-8(17)6-19-2)10-4-7(13)3-9(14)11(10)12(15)18/h3-4,8,17H,5-6H2,1-2H3,(H2,15,18). The average molecular weight is 335 g/mol. The summed E-state index contributed by atoms with van der Waals surface area (Å²) in [5.74, 6) is -1.56. The Morgan fingerprint density at radius 2 is 2.26 bits per heavy atom. The van der Waals surface area contributed by atoms with E-state index in [0.717, 1.165) is 0 Å². The van der Waals surface area contributed by atoms with Crippen molar-refractivity contribution < 1.29 is 19.0 Å². The molecule has 0 saturated heterocycles. The molecule has 0 aromatic heterocycles. The van der Waals surface area contributed by atoms with E-state index in [1.165, 1.54) is 13.2 Å². The molecule has 1 amide bonds. The van der Waals surface area contributed by atoms with Gasteiger partial charge in [-0.2, -0.15) is 0 Å². The van der Waals surface area contributed by atoms with E-state index in [1.54, 1.807) is 18.0 Å². The van der Waals surface area contributed by atoms with Crippen molar-refractivity contribution in [3.05, 3.63) is 28.0 Å². The Morgan fingerprint density at radius 3 is 2.79 bits per heavy atom. The maximum Gasteiger partial charge on any atom is 0.253 e. The molecular weight excluding hydrogens is 319 g/mol. The van der Waals surface area contributed by atoms with Crippen LogP contribution >= 0.6 is 15.9 Å². The van der Waals surface area contributed by atoms with Crippen molar-refractivity contribution in [3.8, 4) is 0 Å². The lowest BCUT2D eigenvalue weighted by atomic mass is 10.1. The summed E-state index contributed by atoms with van der Waals surface area (Å²) in [5, 5.41) is 9.66. The van der Waals surface area contributed by atoms with Gasteiger partial charge in [0.25, 0.3) is 5.91 Å². The number of hydrogen-bond acceptors (Lipinski definition) is 4. The number of carbonyl (C=O) groups excluding carboxylic acids is 1. The van der Waals surface area contributed by atoms with Crippen LogP contribution in [0, 0.1) is 5.82 Å². The predicted octanol–water partition coefficient (Wildman–Crippen LogP) is 1.13. The van der Waals surface area contributed by atoms with E-state index < -0.39 is 17.8 Å². The minimum Gasteiger partial charge on any atom is -0.389 e. The highest BCUT2D eigenvalue weighted by Crippen LogP contribution is 2.27. The first-order valence-corrected chi connectivity index (χ1v) is 6.33. The number of nitrogens with two attached hydrogens (primary N) is 1. The number of primary amides is 1. The van der Waals surface area contributed by atoms with Gasteiger partial charge in [0.2, 0.25) is 0 Å². The number of rotatable bonds is 6. The van der Waals surface area contributed by atoms with Gasteiger partial charge < -0.3 is 20.5 Å². The zero-order valence-electron chi connectivity index (χ0n) is 10.7. The number of aliphatic hydroxyl groups excluding tert-OH is 1. The summed E-state index contributed by atoms with van der Waals surface area (Å²) in [7, 11) is 3.10. The van der Waals surface area contributed by atoms with Gasteiger partial charge in [-0.3, -0.25) is 4.79 Å². The van der Waals surface area contributed by atoms with Crippen molar-refractivity contribution in [1.82, 2.24) is 0 Å². The van der Waals surface area contributed by atoms with Crippen LogP contribution in [0.2, 0.25) is 0 Å². The number of amides is 1. The molecule has 0 fully saturated rings. The maximum absolute atomic E-state index is 13.8. The van der Waals surface area contributed by atoms with Gasteiger partial charge in [0.05, 0.1) is 24.0 Å². The summed E-state index contributed by atoms with van der Waals surface area (Å²) in [6.45, 7) is 0.330. The molecular formula is C12H16BrFN2O3. The number of carbonyl (C=O) groups is 1. The molecule has 3 N–H and O–H groups in total. The van der Waals surface area contributed by atoms with Crippen LogP contribution in [0.5, 0.6) is 0 Å². The van der Waals surface area contributed by atoms with E-state index in [2.05, 4.69) is 15.9 Å². The molecule has 5 nitrogen and oxygen atoms in total. The molecule has 0 aliphatic heterocycles. The predicted molar refractivity (Wildman–Crippen MR) is 73.8 cm³/mol. The van der Waals surface area contributed by atoms with Gasteiger partial charge >= 0.3 is 0 Å². The van der Waals surface area contributed by atoms with Crippen LogP contribution in [0.3, 0.4) is 0 Å². The number of anilines is 1. The number of aliphatic hydroxyl groups is 1. The SMILES string of the molecule is COCC(O)CN(C)c1cc(Br)cc(F)c1C(N)=O. The molecule has 0 aliphatic rings. The van der Waals surface area contributed by atoms with Crippen molar-refractivity contribution in [2.45, 2.75) is 6.10 Å². The van der Waals surface area contributed by atoms with Crippen LogP contribution in [0.25, 0.3) is 0 Å². The van der Waals surface area contributed by atoms with E-state index in [1.807, 2.05) is 0 Å². The highest BCUT2D eigenvalue weighted by Gasteiger charge is 2.19. The molecule has 1 rings (SSSR count). The molecule has 0 aliphatic carbocycles. The van der Waals surface area contributed by atoms with Crippen LogP contribution < -0.4 is 10.6 Å². The molecule has 0 radical (unpaired) electrons. The quantitative estimate of drug-likeness (QED) is 0.817. The number of methoxy groups -OCH3 is 1. The lowest BCUT2D eigenvalue weighted by Crippen LogP contribution is -2.33. The summed E-state index contributed by atoms with van der Waals surface area (Å²) < 4.78 is 19.1. The topological polar surface area (TPSA) is 75.8 Å². The first-order valence-electron chi connectivity index (χ1n) is 5.53. The summed E-state index contributed by atoms with van der Waals surface area (Å²) in [4.78, 5) is 12.9. The van der Waals surface area contributed by atoms with Crippen LogP contribution in [0.4, 0.5) is 10.1 Å². The largest absolute Gasteiger partial charge is 0.389 e. The Hall–Kier alpha value is -1.18. The van der Waals surface area contributed by atoms with Crippen LogP contribution in [0.15, 0.2) is 16.6 Å². The van der Waals surface area contributed by atoms with Gasteiger partial charge in [-0.1, -0.05) is 15.9 Å². The number of ether oxygens (including phenoxy) is 1. The van der Waals surface area contributed by atoms with Crippen molar-refractivity contribution >= 4 is 27.5 Å². The van der Waals surface area contributed by atoms with Crippen molar-refractivity contribution in [2.24, 2.45) is 5.73 Å². The highest BCUT2D eigenvalue weighted by atomic mass is 79.9. The van der Waals surface area contributed by atoms with E-state index in [0.29, 0.717) is 10.2 Å². The summed E-state index contributed by atoms with van der Waals surface area (Å²) >= 11 is 3.16. The third kappa shape index (κ3) is 4.15.